The lowest BCUT2D eigenvalue weighted by Crippen LogP contribution is -2.20. The number of benzene rings is 4. The summed E-state index contributed by atoms with van der Waals surface area (Å²) in [5.41, 5.74) is 5.02. The van der Waals surface area contributed by atoms with Gasteiger partial charge in [-0.3, -0.25) is 9.59 Å². The van der Waals surface area contributed by atoms with Gasteiger partial charge in [-0.15, -0.1) is 0 Å². The Morgan fingerprint density at radius 2 is 1.62 bits per heavy atom. The van der Waals surface area contributed by atoms with E-state index in [1.54, 1.807) is 74.7 Å². The molecule has 0 fully saturated rings. The molecular formula is C27H23N3O4. The van der Waals surface area contributed by atoms with Crippen LogP contribution in [0.15, 0.2) is 90.0 Å². The molecule has 0 bridgehead atoms. The fourth-order valence-electron chi connectivity index (χ4n) is 3.52. The fraction of sp³-hybridized carbons (Fsp3) is 0.0741. The van der Waals surface area contributed by atoms with Crippen LogP contribution < -0.4 is 15.5 Å². The van der Waals surface area contributed by atoms with Crippen molar-refractivity contribution in [3.8, 4) is 11.5 Å². The summed E-state index contributed by atoms with van der Waals surface area (Å²) >= 11 is 0. The van der Waals surface area contributed by atoms with E-state index in [-0.39, 0.29) is 17.2 Å². The van der Waals surface area contributed by atoms with Gasteiger partial charge in [0.1, 0.15) is 11.5 Å². The van der Waals surface area contributed by atoms with Gasteiger partial charge in [0.25, 0.3) is 11.8 Å². The molecule has 0 spiro atoms. The Morgan fingerprint density at radius 3 is 2.38 bits per heavy atom. The number of hydrogen-bond acceptors (Lipinski definition) is 5. The number of hydrazone groups is 1. The van der Waals surface area contributed by atoms with Gasteiger partial charge in [0.2, 0.25) is 0 Å². The van der Waals surface area contributed by atoms with Gasteiger partial charge >= 0.3 is 0 Å². The molecule has 2 amide bonds. The monoisotopic (exact) mass is 453 g/mol. The van der Waals surface area contributed by atoms with Gasteiger partial charge in [0, 0.05) is 11.3 Å². The predicted octanol–water partition coefficient (Wildman–Crippen LogP) is 4.96. The third-order valence-corrected chi connectivity index (χ3v) is 5.35. The Labute approximate surface area is 196 Å². The minimum Gasteiger partial charge on any atom is -0.507 e. The highest BCUT2D eigenvalue weighted by Gasteiger charge is 2.15. The first kappa shape index (κ1) is 22.5. The Bertz CT molecular complexity index is 1390. The molecule has 0 aliphatic heterocycles. The summed E-state index contributed by atoms with van der Waals surface area (Å²) in [6.45, 7) is 1.74. The molecule has 0 heterocycles. The van der Waals surface area contributed by atoms with E-state index in [2.05, 4.69) is 15.8 Å². The van der Waals surface area contributed by atoms with Crippen LogP contribution in [0, 0.1) is 0 Å². The van der Waals surface area contributed by atoms with Crippen LogP contribution >= 0.6 is 0 Å². The first-order chi connectivity index (χ1) is 16.5. The second-order valence-corrected chi connectivity index (χ2v) is 7.58. The number of carbonyl (C=O) groups is 2. The van der Waals surface area contributed by atoms with Crippen molar-refractivity contribution in [3.05, 3.63) is 102 Å². The first-order valence-corrected chi connectivity index (χ1v) is 10.6. The molecule has 4 aromatic rings. The highest BCUT2D eigenvalue weighted by Crippen LogP contribution is 2.27. The molecule has 3 N–H and O–H groups in total. The number of anilines is 1. The van der Waals surface area contributed by atoms with Crippen LogP contribution in [0.3, 0.4) is 0 Å². The topological polar surface area (TPSA) is 100 Å². The van der Waals surface area contributed by atoms with Crippen molar-refractivity contribution >= 4 is 34.0 Å². The van der Waals surface area contributed by atoms with Crippen LogP contribution in [0.1, 0.15) is 33.2 Å². The third-order valence-electron chi connectivity index (χ3n) is 5.35. The molecule has 7 nitrogen and oxygen atoms in total. The molecule has 0 saturated heterocycles. The van der Waals surface area contributed by atoms with Gasteiger partial charge in [0.05, 0.1) is 18.4 Å². The molecule has 0 atom stereocenters. The maximum atomic E-state index is 12.8. The van der Waals surface area contributed by atoms with E-state index in [0.717, 1.165) is 10.9 Å². The molecule has 7 heteroatoms. The second kappa shape index (κ2) is 9.87. The van der Waals surface area contributed by atoms with Crippen molar-refractivity contribution in [3.63, 3.8) is 0 Å². The molecule has 0 aliphatic carbocycles. The number of carbonyl (C=O) groups excluding carboxylic acids is 2. The molecule has 170 valence electrons. The Hall–Kier alpha value is -4.65. The van der Waals surface area contributed by atoms with Crippen LogP contribution in [-0.2, 0) is 0 Å². The fourth-order valence-corrected chi connectivity index (χ4v) is 3.52. The minimum atomic E-state index is -0.516. The van der Waals surface area contributed by atoms with Crippen LogP contribution in [0.25, 0.3) is 10.8 Å². The Kier molecular flexibility index (Phi) is 6.54. The first-order valence-electron chi connectivity index (χ1n) is 10.6. The van der Waals surface area contributed by atoms with E-state index in [9.17, 15) is 14.7 Å². The van der Waals surface area contributed by atoms with Crippen molar-refractivity contribution in [1.82, 2.24) is 5.43 Å². The maximum Gasteiger partial charge on any atom is 0.275 e. The van der Waals surface area contributed by atoms with Crippen LogP contribution in [0.2, 0.25) is 0 Å². The summed E-state index contributed by atoms with van der Waals surface area (Å²) < 4.78 is 5.12. The average Bonchev–Trinajstić information content (AvgIpc) is 2.87. The van der Waals surface area contributed by atoms with Crippen molar-refractivity contribution in [1.29, 1.82) is 0 Å². The number of fused-ring (bicyclic) bond motifs is 1. The number of methoxy groups -OCH3 is 1. The second-order valence-electron chi connectivity index (χ2n) is 7.58. The average molecular weight is 453 g/mol. The van der Waals surface area contributed by atoms with E-state index < -0.39 is 5.91 Å². The van der Waals surface area contributed by atoms with E-state index in [1.807, 2.05) is 18.2 Å². The van der Waals surface area contributed by atoms with Crippen molar-refractivity contribution in [2.45, 2.75) is 6.92 Å². The number of rotatable bonds is 6. The number of nitrogens with zero attached hydrogens (tertiary/aromatic N) is 1. The molecule has 0 radical (unpaired) electrons. The smallest absolute Gasteiger partial charge is 0.275 e. The number of nitrogens with one attached hydrogen (secondary N) is 2. The highest BCUT2D eigenvalue weighted by molar-refractivity contribution is 6.10. The van der Waals surface area contributed by atoms with Crippen molar-refractivity contribution < 1.29 is 19.4 Å². The quantitative estimate of drug-likeness (QED) is 0.284. The summed E-state index contributed by atoms with van der Waals surface area (Å²) in [5, 5.41) is 18.8. The number of ether oxygens (including phenoxy) is 1. The molecule has 0 saturated carbocycles. The Balaban J connectivity index is 1.49. The number of phenolic OH excluding ortho intramolecular Hbond substituents is 1. The lowest BCUT2D eigenvalue weighted by Gasteiger charge is -2.10. The van der Waals surface area contributed by atoms with Gasteiger partial charge in [-0.2, -0.15) is 5.10 Å². The van der Waals surface area contributed by atoms with Gasteiger partial charge in [-0.1, -0.05) is 42.5 Å². The van der Waals surface area contributed by atoms with Gasteiger partial charge < -0.3 is 15.2 Å². The normalized spacial score (nSPS) is 11.2. The molecule has 34 heavy (non-hydrogen) atoms. The maximum absolute atomic E-state index is 12.8. The van der Waals surface area contributed by atoms with Gasteiger partial charge in [0.15, 0.2) is 0 Å². The number of phenols is 1. The van der Waals surface area contributed by atoms with Gasteiger partial charge in [-0.25, -0.2) is 5.43 Å². The van der Waals surface area contributed by atoms with Crippen molar-refractivity contribution in [2.75, 3.05) is 12.4 Å². The molecule has 0 unspecified atom stereocenters. The van der Waals surface area contributed by atoms with E-state index in [4.69, 9.17) is 4.74 Å². The van der Waals surface area contributed by atoms with E-state index in [0.29, 0.717) is 28.1 Å². The molecule has 0 aliphatic rings. The van der Waals surface area contributed by atoms with Crippen LogP contribution in [0.5, 0.6) is 11.5 Å². The summed E-state index contributed by atoms with van der Waals surface area (Å²) in [6, 6.07) is 24.5. The third kappa shape index (κ3) is 4.88. The molecule has 4 rings (SSSR count). The zero-order chi connectivity index (χ0) is 24.1. The number of aromatic hydroxyl groups is 1. The standard InChI is InChI=1S/C27H23N3O4/c1-17(29-30-27(33)25-23-9-4-3-6-18(23)12-15-24(25)31)20-7-5-8-21(16-20)28-26(32)19-10-13-22(34-2)14-11-19/h3-16,31H,1-2H3,(H,28,32)(H,30,33)/b29-17-. The van der Waals surface area contributed by atoms with E-state index >= 15 is 0 Å². The van der Waals surface area contributed by atoms with Crippen LogP contribution in [0.4, 0.5) is 5.69 Å². The largest absolute Gasteiger partial charge is 0.507 e. The van der Waals surface area contributed by atoms with Gasteiger partial charge in [-0.05, 0) is 65.7 Å². The molecule has 4 aromatic carbocycles. The number of hydrogen-bond donors (Lipinski definition) is 3. The predicted molar refractivity (Wildman–Crippen MR) is 133 cm³/mol. The summed E-state index contributed by atoms with van der Waals surface area (Å²) in [7, 11) is 1.57. The zero-order valence-corrected chi connectivity index (χ0v) is 18.7. The number of amides is 2. The Morgan fingerprint density at radius 1 is 0.853 bits per heavy atom. The van der Waals surface area contributed by atoms with Crippen molar-refractivity contribution in [2.24, 2.45) is 5.10 Å². The SMILES string of the molecule is COc1ccc(C(=O)Nc2cccc(/C(C)=N\NC(=O)c3c(O)ccc4ccccc34)c2)cc1. The lowest BCUT2D eigenvalue weighted by atomic mass is 10.0. The van der Waals surface area contributed by atoms with Crippen LogP contribution in [-0.4, -0.2) is 29.7 Å². The zero-order valence-electron chi connectivity index (χ0n) is 18.7. The minimum absolute atomic E-state index is 0.118. The molecular weight excluding hydrogens is 430 g/mol. The summed E-state index contributed by atoms with van der Waals surface area (Å²) in [6.07, 6.45) is 0. The summed E-state index contributed by atoms with van der Waals surface area (Å²) in [5.74, 6) is -0.219. The lowest BCUT2D eigenvalue weighted by molar-refractivity contribution is 0.0953. The molecule has 0 aromatic heterocycles. The van der Waals surface area contributed by atoms with E-state index in [1.165, 1.54) is 6.07 Å². The summed E-state index contributed by atoms with van der Waals surface area (Å²) in [4.78, 5) is 25.3. The highest BCUT2D eigenvalue weighted by atomic mass is 16.5.